The Labute approximate surface area is 196 Å². The van der Waals surface area contributed by atoms with Gasteiger partial charge in [0.1, 0.15) is 0 Å². The number of methoxy groups -OCH3 is 1. The van der Waals surface area contributed by atoms with Crippen molar-refractivity contribution in [1.82, 2.24) is 9.97 Å². The van der Waals surface area contributed by atoms with Crippen LogP contribution in [-0.4, -0.2) is 28.1 Å². The largest absolute Gasteiger partial charge is 0.504 e. The second-order valence-corrected chi connectivity index (χ2v) is 7.77. The van der Waals surface area contributed by atoms with Gasteiger partial charge in [0.15, 0.2) is 11.5 Å². The van der Waals surface area contributed by atoms with Gasteiger partial charge in [-0.05, 0) is 59.2 Å². The second-order valence-electron chi connectivity index (χ2n) is 7.33. The van der Waals surface area contributed by atoms with Crippen LogP contribution < -0.4 is 9.64 Å². The Balaban J connectivity index is 1.61. The number of H-pyrrole nitrogens is 1. The van der Waals surface area contributed by atoms with Crippen LogP contribution >= 0.6 is 11.6 Å². The fourth-order valence-electron chi connectivity index (χ4n) is 3.42. The third-order valence-electron chi connectivity index (χ3n) is 5.11. The Morgan fingerprint density at radius 2 is 1.97 bits per heavy atom. The number of nitrogens with zero attached hydrogens (tertiary/aromatic N) is 2. The summed E-state index contributed by atoms with van der Waals surface area (Å²) in [6, 6.07) is 20.0. The summed E-state index contributed by atoms with van der Waals surface area (Å²) in [4.78, 5) is 22.0. The molecule has 6 nitrogen and oxygen atoms in total. The van der Waals surface area contributed by atoms with Crippen molar-refractivity contribution in [3.05, 3.63) is 101 Å². The normalized spacial score (nSPS) is 11.0. The van der Waals surface area contributed by atoms with Gasteiger partial charge < -0.3 is 19.7 Å². The molecule has 0 saturated carbocycles. The lowest BCUT2D eigenvalue weighted by molar-refractivity contribution is -0.114. The van der Waals surface area contributed by atoms with Crippen molar-refractivity contribution >= 4 is 29.3 Å². The lowest BCUT2D eigenvalue weighted by Gasteiger charge is -2.22. The van der Waals surface area contributed by atoms with Crippen molar-refractivity contribution in [2.45, 2.75) is 6.54 Å². The molecule has 0 spiro atoms. The number of aromatic nitrogens is 2. The quantitative estimate of drug-likeness (QED) is 0.348. The number of aromatic amines is 1. The minimum atomic E-state index is -0.209. The predicted octanol–water partition coefficient (Wildman–Crippen LogP) is 5.69. The maximum Gasteiger partial charge on any atom is 0.251 e. The number of nitrogens with one attached hydrogen (secondary N) is 1. The number of halogens is 1. The van der Waals surface area contributed by atoms with E-state index in [0.717, 1.165) is 22.5 Å². The van der Waals surface area contributed by atoms with Gasteiger partial charge in [0.2, 0.25) is 0 Å². The number of rotatable bonds is 7. The van der Waals surface area contributed by atoms with E-state index >= 15 is 0 Å². The summed E-state index contributed by atoms with van der Waals surface area (Å²) >= 11 is 6.15. The van der Waals surface area contributed by atoms with Gasteiger partial charge in [0.25, 0.3) is 5.91 Å². The molecule has 0 bridgehead atoms. The summed E-state index contributed by atoms with van der Waals surface area (Å²) in [6.45, 7) is 0.348. The monoisotopic (exact) mass is 459 g/mol. The van der Waals surface area contributed by atoms with Crippen molar-refractivity contribution in [3.63, 3.8) is 0 Å². The van der Waals surface area contributed by atoms with E-state index in [-0.39, 0.29) is 11.7 Å². The number of phenols is 1. The molecule has 0 unspecified atom stereocenters. The number of amides is 1. The van der Waals surface area contributed by atoms with E-state index in [2.05, 4.69) is 9.97 Å². The fraction of sp³-hybridized carbons (Fsp3) is 0.0769. The number of imidazole rings is 1. The van der Waals surface area contributed by atoms with Gasteiger partial charge in [-0.15, -0.1) is 0 Å². The fourth-order valence-corrected chi connectivity index (χ4v) is 3.63. The van der Waals surface area contributed by atoms with Crippen LogP contribution in [0.25, 0.3) is 17.3 Å². The van der Waals surface area contributed by atoms with E-state index < -0.39 is 0 Å². The van der Waals surface area contributed by atoms with Crippen molar-refractivity contribution in [2.24, 2.45) is 0 Å². The van der Waals surface area contributed by atoms with Gasteiger partial charge in [-0.25, -0.2) is 4.98 Å². The first-order valence-electron chi connectivity index (χ1n) is 10.2. The zero-order valence-corrected chi connectivity index (χ0v) is 18.7. The first-order chi connectivity index (χ1) is 16.0. The summed E-state index contributed by atoms with van der Waals surface area (Å²) < 4.78 is 5.07. The summed E-state index contributed by atoms with van der Waals surface area (Å²) in [5.41, 5.74) is 4.19. The predicted molar refractivity (Wildman–Crippen MR) is 130 cm³/mol. The molecule has 2 N–H and O–H groups in total. The molecule has 4 aromatic rings. The lowest BCUT2D eigenvalue weighted by Crippen LogP contribution is -2.28. The van der Waals surface area contributed by atoms with Crippen LogP contribution in [0.2, 0.25) is 5.02 Å². The number of ether oxygens (including phenoxy) is 1. The molecule has 4 rings (SSSR count). The average Bonchev–Trinajstić information content (AvgIpc) is 3.36. The van der Waals surface area contributed by atoms with E-state index in [4.69, 9.17) is 16.3 Å². The molecule has 0 aliphatic carbocycles. The van der Waals surface area contributed by atoms with Crippen LogP contribution in [0.4, 0.5) is 5.69 Å². The Morgan fingerprint density at radius 3 is 2.64 bits per heavy atom. The highest BCUT2D eigenvalue weighted by atomic mass is 35.5. The zero-order valence-electron chi connectivity index (χ0n) is 17.9. The molecular formula is C26H22ClN3O3. The summed E-state index contributed by atoms with van der Waals surface area (Å²) in [6.07, 6.45) is 6.51. The number of phenolic OH excluding ortho intramolecular Hbond substituents is 1. The minimum Gasteiger partial charge on any atom is -0.504 e. The van der Waals surface area contributed by atoms with Crippen LogP contribution in [-0.2, 0) is 11.3 Å². The minimum absolute atomic E-state index is 0.0114. The molecule has 1 amide bonds. The average molecular weight is 460 g/mol. The molecule has 0 aliphatic rings. The molecular weight excluding hydrogens is 438 g/mol. The van der Waals surface area contributed by atoms with Crippen molar-refractivity contribution in [3.8, 4) is 22.8 Å². The van der Waals surface area contributed by atoms with E-state index in [1.165, 1.54) is 13.2 Å². The van der Waals surface area contributed by atoms with Crippen molar-refractivity contribution in [1.29, 1.82) is 0 Å². The molecule has 7 heteroatoms. The number of aromatic hydroxyl groups is 1. The molecule has 0 atom stereocenters. The molecule has 0 aliphatic heterocycles. The number of carbonyl (C=O) groups is 1. The second kappa shape index (κ2) is 10.1. The van der Waals surface area contributed by atoms with Crippen LogP contribution in [0.15, 0.2) is 85.3 Å². The maximum absolute atomic E-state index is 13.2. The molecule has 0 fully saturated rings. The van der Waals surface area contributed by atoms with Crippen molar-refractivity contribution in [2.75, 3.05) is 12.0 Å². The summed E-state index contributed by atoms with van der Waals surface area (Å²) in [5, 5.41) is 10.6. The Morgan fingerprint density at radius 1 is 1.15 bits per heavy atom. The SMILES string of the molecule is COc1ccc(/C=C/C(=O)N(Cc2cccc(Cl)c2)c2ccc(-c3cnc[nH]3)cc2)cc1O. The number of hydrogen-bond acceptors (Lipinski definition) is 4. The molecule has 166 valence electrons. The highest BCUT2D eigenvalue weighted by Gasteiger charge is 2.15. The van der Waals surface area contributed by atoms with E-state index in [1.807, 2.05) is 42.5 Å². The summed E-state index contributed by atoms with van der Waals surface area (Å²) in [5.74, 6) is 0.176. The Kier molecular flexibility index (Phi) is 6.76. The number of anilines is 1. The molecule has 3 aromatic carbocycles. The molecule has 33 heavy (non-hydrogen) atoms. The van der Waals surface area contributed by atoms with Gasteiger partial charge in [-0.1, -0.05) is 41.9 Å². The van der Waals surface area contributed by atoms with Gasteiger partial charge in [-0.3, -0.25) is 4.79 Å². The number of carbonyl (C=O) groups excluding carboxylic acids is 1. The highest BCUT2D eigenvalue weighted by molar-refractivity contribution is 6.30. The Bertz CT molecular complexity index is 1270. The van der Waals surface area contributed by atoms with E-state index in [9.17, 15) is 9.90 Å². The van der Waals surface area contributed by atoms with Crippen LogP contribution in [0.3, 0.4) is 0 Å². The first-order valence-corrected chi connectivity index (χ1v) is 10.6. The van der Waals surface area contributed by atoms with Crippen LogP contribution in [0, 0.1) is 0 Å². The van der Waals surface area contributed by atoms with Gasteiger partial charge in [0, 0.05) is 16.8 Å². The Hall–Kier alpha value is -4.03. The maximum atomic E-state index is 13.2. The third kappa shape index (κ3) is 5.42. The van der Waals surface area contributed by atoms with Gasteiger partial charge >= 0.3 is 0 Å². The van der Waals surface area contributed by atoms with Crippen molar-refractivity contribution < 1.29 is 14.6 Å². The number of benzene rings is 3. The van der Waals surface area contributed by atoms with E-state index in [0.29, 0.717) is 22.9 Å². The standard InChI is InChI=1S/C26H22ClN3O3/c1-33-25-11-5-18(14-24(25)31)6-12-26(32)30(16-19-3-2-4-21(27)13-19)22-9-7-20(8-10-22)23-15-28-17-29-23/h2-15,17,31H,16H2,1H3,(H,28,29)/b12-6+. The topological polar surface area (TPSA) is 78.5 Å². The van der Waals surface area contributed by atoms with Crippen LogP contribution in [0.1, 0.15) is 11.1 Å². The molecule has 0 saturated heterocycles. The molecule has 1 aromatic heterocycles. The molecule has 1 heterocycles. The summed E-state index contributed by atoms with van der Waals surface area (Å²) in [7, 11) is 1.49. The van der Waals surface area contributed by atoms with Crippen LogP contribution in [0.5, 0.6) is 11.5 Å². The lowest BCUT2D eigenvalue weighted by atomic mass is 10.1. The van der Waals surface area contributed by atoms with Gasteiger partial charge in [0.05, 0.1) is 31.9 Å². The third-order valence-corrected chi connectivity index (χ3v) is 5.34. The van der Waals surface area contributed by atoms with Gasteiger partial charge in [-0.2, -0.15) is 0 Å². The number of hydrogen-bond donors (Lipinski definition) is 2. The first kappa shape index (κ1) is 22.2. The smallest absolute Gasteiger partial charge is 0.251 e. The van der Waals surface area contributed by atoms with E-state index in [1.54, 1.807) is 47.8 Å². The highest BCUT2D eigenvalue weighted by Crippen LogP contribution is 2.27. The molecule has 0 radical (unpaired) electrons. The zero-order chi connectivity index (χ0) is 23.2.